The number of benzene rings is 2. The minimum Gasteiger partial charge on any atom is -0.496 e. The molecule has 0 atom stereocenters. The molecule has 1 heterocycles. The van der Waals surface area contributed by atoms with Crippen LogP contribution >= 0.6 is 0 Å². The Hall–Kier alpha value is -2.59. The SMILES string of the molecule is COc1ccccc1-c1cccc(CC2(C(=O)NCCC3=CCCCC3)CCOCC2)c1. The van der Waals surface area contributed by atoms with Gasteiger partial charge in [0.15, 0.2) is 0 Å². The Labute approximate surface area is 192 Å². The smallest absolute Gasteiger partial charge is 0.226 e. The van der Waals surface area contributed by atoms with Crippen LogP contribution in [0.15, 0.2) is 60.2 Å². The molecule has 32 heavy (non-hydrogen) atoms. The van der Waals surface area contributed by atoms with Gasteiger partial charge in [-0.25, -0.2) is 0 Å². The fourth-order valence-corrected chi connectivity index (χ4v) is 5.02. The number of hydrogen-bond acceptors (Lipinski definition) is 3. The van der Waals surface area contributed by atoms with Gasteiger partial charge in [-0.1, -0.05) is 54.1 Å². The first-order valence-corrected chi connectivity index (χ1v) is 12.0. The highest BCUT2D eigenvalue weighted by molar-refractivity contribution is 5.83. The Morgan fingerprint density at radius 3 is 2.72 bits per heavy atom. The Morgan fingerprint density at radius 2 is 1.94 bits per heavy atom. The molecule has 0 unspecified atom stereocenters. The molecule has 2 aliphatic rings. The summed E-state index contributed by atoms with van der Waals surface area (Å²) in [6.45, 7) is 2.02. The van der Waals surface area contributed by atoms with Crippen molar-refractivity contribution in [3.63, 3.8) is 0 Å². The van der Waals surface area contributed by atoms with E-state index < -0.39 is 5.41 Å². The van der Waals surface area contributed by atoms with Crippen molar-refractivity contribution < 1.29 is 14.3 Å². The highest BCUT2D eigenvalue weighted by atomic mass is 16.5. The maximum atomic E-state index is 13.4. The predicted octanol–water partition coefficient (Wildman–Crippen LogP) is 5.71. The van der Waals surface area contributed by atoms with Crippen molar-refractivity contribution in [1.82, 2.24) is 5.32 Å². The Bertz CT molecular complexity index is 943. The van der Waals surface area contributed by atoms with Crippen LogP contribution in [0.2, 0.25) is 0 Å². The van der Waals surface area contributed by atoms with Gasteiger partial charge in [0.1, 0.15) is 5.75 Å². The average molecular weight is 434 g/mol. The van der Waals surface area contributed by atoms with E-state index in [1.807, 2.05) is 18.2 Å². The molecule has 0 radical (unpaired) electrons. The van der Waals surface area contributed by atoms with Crippen molar-refractivity contribution in [2.24, 2.45) is 5.41 Å². The summed E-state index contributed by atoms with van der Waals surface area (Å²) >= 11 is 0. The summed E-state index contributed by atoms with van der Waals surface area (Å²) in [5.41, 5.74) is 4.47. The summed E-state index contributed by atoms with van der Waals surface area (Å²) < 4.78 is 11.2. The summed E-state index contributed by atoms with van der Waals surface area (Å²) in [5.74, 6) is 1.04. The zero-order chi connectivity index (χ0) is 22.2. The van der Waals surface area contributed by atoms with Gasteiger partial charge < -0.3 is 14.8 Å². The van der Waals surface area contributed by atoms with Gasteiger partial charge in [-0.15, -0.1) is 0 Å². The molecular formula is C28H35NO3. The van der Waals surface area contributed by atoms with Crippen LogP contribution in [0.1, 0.15) is 50.5 Å². The summed E-state index contributed by atoms with van der Waals surface area (Å²) in [7, 11) is 1.70. The third-order valence-electron chi connectivity index (χ3n) is 6.94. The number of methoxy groups -OCH3 is 1. The molecule has 1 aliphatic heterocycles. The second-order valence-electron chi connectivity index (χ2n) is 9.08. The molecular weight excluding hydrogens is 398 g/mol. The van der Waals surface area contributed by atoms with Gasteiger partial charge in [0, 0.05) is 25.3 Å². The molecule has 0 saturated carbocycles. The molecule has 2 aromatic rings. The quantitative estimate of drug-likeness (QED) is 0.543. The number of carbonyl (C=O) groups excluding carboxylic acids is 1. The zero-order valence-electron chi connectivity index (χ0n) is 19.2. The van der Waals surface area contributed by atoms with Gasteiger partial charge in [-0.05, 0) is 68.6 Å². The predicted molar refractivity (Wildman–Crippen MR) is 129 cm³/mol. The minimum atomic E-state index is -0.404. The average Bonchev–Trinajstić information content (AvgIpc) is 2.85. The number of hydrogen-bond donors (Lipinski definition) is 1. The second-order valence-corrected chi connectivity index (χ2v) is 9.08. The first kappa shape index (κ1) is 22.6. The van der Waals surface area contributed by atoms with Crippen molar-refractivity contribution in [3.8, 4) is 16.9 Å². The molecule has 2 aromatic carbocycles. The molecule has 1 fully saturated rings. The van der Waals surface area contributed by atoms with E-state index >= 15 is 0 Å². The Kier molecular flexibility index (Phi) is 7.64. The van der Waals surface area contributed by atoms with E-state index in [0.717, 1.165) is 49.1 Å². The molecule has 170 valence electrons. The molecule has 0 spiro atoms. The second kappa shape index (κ2) is 10.8. The van der Waals surface area contributed by atoms with Crippen LogP contribution in [-0.4, -0.2) is 32.8 Å². The Morgan fingerprint density at radius 1 is 1.09 bits per heavy atom. The van der Waals surface area contributed by atoms with Crippen LogP contribution in [0.25, 0.3) is 11.1 Å². The van der Waals surface area contributed by atoms with E-state index in [2.05, 4.69) is 41.7 Å². The summed E-state index contributed by atoms with van der Waals surface area (Å²) in [6.07, 6.45) is 10.5. The van der Waals surface area contributed by atoms with Crippen molar-refractivity contribution in [2.45, 2.75) is 51.4 Å². The number of rotatable bonds is 8. The van der Waals surface area contributed by atoms with Crippen LogP contribution < -0.4 is 10.1 Å². The van der Waals surface area contributed by atoms with Gasteiger partial charge >= 0.3 is 0 Å². The van der Waals surface area contributed by atoms with Crippen LogP contribution in [0, 0.1) is 5.41 Å². The number of amides is 1. The number of para-hydroxylation sites is 1. The van der Waals surface area contributed by atoms with Gasteiger partial charge in [-0.3, -0.25) is 4.79 Å². The van der Waals surface area contributed by atoms with Crippen LogP contribution in [0.4, 0.5) is 0 Å². The number of carbonyl (C=O) groups is 1. The Balaban J connectivity index is 1.48. The number of nitrogens with one attached hydrogen (secondary N) is 1. The summed E-state index contributed by atoms with van der Waals surface area (Å²) in [6, 6.07) is 16.6. The molecule has 1 saturated heterocycles. The van der Waals surface area contributed by atoms with Crippen LogP contribution in [-0.2, 0) is 16.0 Å². The zero-order valence-corrected chi connectivity index (χ0v) is 19.2. The van der Waals surface area contributed by atoms with E-state index in [4.69, 9.17) is 9.47 Å². The maximum Gasteiger partial charge on any atom is 0.226 e. The lowest BCUT2D eigenvalue weighted by molar-refractivity contribution is -0.136. The van der Waals surface area contributed by atoms with Crippen LogP contribution in [0.5, 0.6) is 5.75 Å². The molecule has 4 nitrogen and oxygen atoms in total. The van der Waals surface area contributed by atoms with Crippen molar-refractivity contribution >= 4 is 5.91 Å². The van der Waals surface area contributed by atoms with E-state index in [-0.39, 0.29) is 5.91 Å². The van der Waals surface area contributed by atoms with Gasteiger partial charge in [0.25, 0.3) is 0 Å². The van der Waals surface area contributed by atoms with Crippen molar-refractivity contribution in [1.29, 1.82) is 0 Å². The molecule has 1 N–H and O–H groups in total. The van der Waals surface area contributed by atoms with Crippen LogP contribution in [0.3, 0.4) is 0 Å². The van der Waals surface area contributed by atoms with E-state index in [1.54, 1.807) is 7.11 Å². The normalized spacial score (nSPS) is 18.0. The number of ether oxygens (including phenoxy) is 2. The highest BCUT2D eigenvalue weighted by Crippen LogP contribution is 2.37. The fourth-order valence-electron chi connectivity index (χ4n) is 5.02. The number of allylic oxidation sites excluding steroid dienone is 1. The molecule has 0 aromatic heterocycles. The fraction of sp³-hybridized carbons (Fsp3) is 0.464. The standard InChI is InChI=1S/C28H35NO3/c1-31-26-13-6-5-12-25(26)24-11-7-10-23(20-24)21-28(15-18-32-19-16-28)27(30)29-17-14-22-8-3-2-4-9-22/h5-8,10-13,20H,2-4,9,14-19,21H2,1H3,(H,29,30). The molecule has 1 amide bonds. The first-order valence-electron chi connectivity index (χ1n) is 12.0. The minimum absolute atomic E-state index is 0.180. The van der Waals surface area contributed by atoms with Crippen molar-refractivity contribution in [2.75, 3.05) is 26.9 Å². The molecule has 1 aliphatic carbocycles. The summed E-state index contributed by atoms with van der Waals surface area (Å²) in [5, 5.41) is 3.27. The topological polar surface area (TPSA) is 47.6 Å². The first-order chi connectivity index (χ1) is 15.7. The third-order valence-corrected chi connectivity index (χ3v) is 6.94. The van der Waals surface area contributed by atoms with E-state index in [9.17, 15) is 4.79 Å². The maximum absolute atomic E-state index is 13.4. The van der Waals surface area contributed by atoms with Gasteiger partial charge in [0.2, 0.25) is 5.91 Å². The third kappa shape index (κ3) is 5.42. The van der Waals surface area contributed by atoms with Crippen molar-refractivity contribution in [3.05, 3.63) is 65.7 Å². The lowest BCUT2D eigenvalue weighted by Gasteiger charge is -2.36. The van der Waals surface area contributed by atoms with E-state index in [0.29, 0.717) is 13.2 Å². The molecule has 4 heteroatoms. The van der Waals surface area contributed by atoms with Gasteiger partial charge in [0.05, 0.1) is 12.5 Å². The summed E-state index contributed by atoms with van der Waals surface area (Å²) in [4.78, 5) is 13.4. The highest BCUT2D eigenvalue weighted by Gasteiger charge is 2.40. The lowest BCUT2D eigenvalue weighted by Crippen LogP contribution is -2.46. The molecule has 4 rings (SSSR count). The monoisotopic (exact) mass is 433 g/mol. The van der Waals surface area contributed by atoms with Gasteiger partial charge in [-0.2, -0.15) is 0 Å². The largest absolute Gasteiger partial charge is 0.496 e. The molecule has 0 bridgehead atoms. The lowest BCUT2D eigenvalue weighted by atomic mass is 9.74. The van der Waals surface area contributed by atoms with E-state index in [1.165, 1.54) is 36.8 Å².